The van der Waals surface area contributed by atoms with Gasteiger partial charge in [-0.15, -0.1) is 0 Å². The fourth-order valence-electron chi connectivity index (χ4n) is 4.93. The Kier molecular flexibility index (Phi) is 7.50. The zero-order chi connectivity index (χ0) is 24.5. The quantitative estimate of drug-likeness (QED) is 0.533. The third kappa shape index (κ3) is 4.68. The fraction of sp³-hybridized carbons (Fsp3) is 0.500. The number of halogens is 1. The number of aryl methyl sites for hydroxylation is 2. The van der Waals surface area contributed by atoms with E-state index in [1.165, 1.54) is 5.56 Å². The molecule has 1 saturated heterocycles. The molecular formula is C26H31ClO7. The fourth-order valence-corrected chi connectivity index (χ4v) is 5.18. The summed E-state index contributed by atoms with van der Waals surface area (Å²) >= 11 is 6.61. The molecule has 1 heterocycles. The largest absolute Gasteiger partial charge is 0.508 e. The van der Waals surface area contributed by atoms with Gasteiger partial charge in [0.05, 0.1) is 6.61 Å². The molecule has 2 aromatic carbocycles. The predicted molar refractivity (Wildman–Crippen MR) is 126 cm³/mol. The summed E-state index contributed by atoms with van der Waals surface area (Å²) in [6, 6.07) is 12.2. The number of benzene rings is 2. The van der Waals surface area contributed by atoms with Gasteiger partial charge in [0.1, 0.15) is 36.6 Å². The molecule has 34 heavy (non-hydrogen) atoms. The van der Waals surface area contributed by atoms with Gasteiger partial charge in [-0.25, -0.2) is 4.79 Å². The van der Waals surface area contributed by atoms with Gasteiger partial charge < -0.3 is 29.5 Å². The first kappa shape index (κ1) is 24.9. The lowest BCUT2D eigenvalue weighted by molar-refractivity contribution is -0.279. The highest BCUT2D eigenvalue weighted by Gasteiger charge is 2.57. The number of carbonyl (C=O) groups excluding carboxylic acids is 1. The minimum Gasteiger partial charge on any atom is -0.435 e. The molecule has 1 aliphatic heterocycles. The molecule has 7 nitrogen and oxygen atoms in total. The minimum atomic E-state index is -1.48. The second-order valence-electron chi connectivity index (χ2n) is 8.91. The highest BCUT2D eigenvalue weighted by atomic mass is 35.5. The number of hydrogen-bond acceptors (Lipinski definition) is 7. The summed E-state index contributed by atoms with van der Waals surface area (Å²) < 4.78 is 16.0. The normalized spacial score (nSPS) is 28.1. The maximum Gasteiger partial charge on any atom is 0.508 e. The van der Waals surface area contributed by atoms with Crippen LogP contribution in [-0.2, 0) is 39.1 Å². The van der Waals surface area contributed by atoms with Gasteiger partial charge in [-0.05, 0) is 66.5 Å². The number of carbonyl (C=O) groups is 1. The van der Waals surface area contributed by atoms with E-state index < -0.39 is 36.2 Å². The molecule has 5 atom stereocenters. The van der Waals surface area contributed by atoms with Crippen molar-refractivity contribution < 1.29 is 34.3 Å². The van der Waals surface area contributed by atoms with Crippen molar-refractivity contribution in [3.05, 3.63) is 69.2 Å². The number of hydrogen-bond donors (Lipinski definition) is 3. The van der Waals surface area contributed by atoms with Crippen LogP contribution in [0, 0.1) is 0 Å². The van der Waals surface area contributed by atoms with Gasteiger partial charge in [-0.1, -0.05) is 48.9 Å². The van der Waals surface area contributed by atoms with Crippen LogP contribution in [-0.4, -0.2) is 59.1 Å². The third-order valence-corrected chi connectivity index (χ3v) is 7.19. The van der Waals surface area contributed by atoms with E-state index in [-0.39, 0.29) is 13.2 Å². The number of fused-ring (bicyclic) bond motifs is 2. The zero-order valence-corrected chi connectivity index (χ0v) is 20.1. The van der Waals surface area contributed by atoms with Crippen LogP contribution in [0.1, 0.15) is 48.1 Å². The smallest absolute Gasteiger partial charge is 0.435 e. The summed E-state index contributed by atoms with van der Waals surface area (Å²) in [5, 5.41) is 32.8. The molecule has 1 aliphatic carbocycles. The minimum absolute atomic E-state index is 0.149. The van der Waals surface area contributed by atoms with Crippen molar-refractivity contribution >= 4 is 17.8 Å². The topological polar surface area (TPSA) is 105 Å². The lowest BCUT2D eigenvalue weighted by Gasteiger charge is -2.47. The number of aliphatic hydroxyl groups excluding tert-OH is 3. The number of aliphatic hydroxyl groups is 3. The maximum atomic E-state index is 11.6. The Morgan fingerprint density at radius 3 is 2.47 bits per heavy atom. The van der Waals surface area contributed by atoms with E-state index in [9.17, 15) is 20.1 Å². The Morgan fingerprint density at radius 2 is 1.79 bits per heavy atom. The zero-order valence-electron chi connectivity index (χ0n) is 19.4. The average molecular weight is 491 g/mol. The van der Waals surface area contributed by atoms with Crippen molar-refractivity contribution in [3.63, 3.8) is 0 Å². The monoisotopic (exact) mass is 490 g/mol. The Hall–Kier alpha value is -2.16. The molecule has 8 heteroatoms. The van der Waals surface area contributed by atoms with E-state index in [0.29, 0.717) is 24.3 Å². The van der Waals surface area contributed by atoms with Crippen LogP contribution in [0.4, 0.5) is 4.79 Å². The third-order valence-electron chi connectivity index (χ3n) is 6.84. The summed E-state index contributed by atoms with van der Waals surface area (Å²) in [4.78, 5) is 11.6. The maximum absolute atomic E-state index is 11.6. The highest BCUT2D eigenvalue weighted by Crippen LogP contribution is 2.49. The Morgan fingerprint density at radius 1 is 1.09 bits per heavy atom. The molecule has 0 bridgehead atoms. The molecule has 1 spiro atoms. The molecule has 0 saturated carbocycles. The molecule has 0 unspecified atom stereocenters. The summed E-state index contributed by atoms with van der Waals surface area (Å²) in [5.74, 6) is 0. The average Bonchev–Trinajstić information content (AvgIpc) is 3.18. The summed E-state index contributed by atoms with van der Waals surface area (Å²) in [5.41, 5.74) is 3.64. The number of ether oxygens (including phenoxy) is 3. The van der Waals surface area contributed by atoms with Crippen LogP contribution >= 0.6 is 11.6 Å². The molecule has 0 aromatic heterocycles. The van der Waals surface area contributed by atoms with Crippen molar-refractivity contribution in [1.82, 2.24) is 0 Å². The van der Waals surface area contributed by atoms with Gasteiger partial charge in [0.15, 0.2) is 0 Å². The first-order valence-electron chi connectivity index (χ1n) is 11.7. The van der Waals surface area contributed by atoms with Crippen molar-refractivity contribution in [2.24, 2.45) is 0 Å². The van der Waals surface area contributed by atoms with Crippen LogP contribution < -0.4 is 0 Å². The first-order valence-corrected chi connectivity index (χ1v) is 12.1. The predicted octanol–water partition coefficient (Wildman–Crippen LogP) is 3.29. The Labute approximate surface area is 204 Å². The first-order chi connectivity index (χ1) is 16.3. The number of rotatable bonds is 6. The summed E-state index contributed by atoms with van der Waals surface area (Å²) in [6.07, 6.45) is -3.63. The Balaban J connectivity index is 1.63. The van der Waals surface area contributed by atoms with Crippen LogP contribution in [0.5, 0.6) is 0 Å². The van der Waals surface area contributed by atoms with Gasteiger partial charge in [0.2, 0.25) is 0 Å². The SMILES string of the molecule is CCOC(=O)OC[C@H]1O[C@]2(CCc3cc(Cl)c(Cc4ccc(CC)cc4)cc32)[C@H](O)[C@@H](O)[C@@H]1O. The summed E-state index contributed by atoms with van der Waals surface area (Å²) in [6.45, 7) is 3.59. The lowest BCUT2D eigenvalue weighted by atomic mass is 9.80. The van der Waals surface area contributed by atoms with Crippen LogP contribution in [0.15, 0.2) is 36.4 Å². The molecule has 1 fully saturated rings. The second-order valence-corrected chi connectivity index (χ2v) is 9.32. The molecule has 184 valence electrons. The van der Waals surface area contributed by atoms with E-state index >= 15 is 0 Å². The van der Waals surface area contributed by atoms with Crippen molar-refractivity contribution in [3.8, 4) is 0 Å². The van der Waals surface area contributed by atoms with Crippen molar-refractivity contribution in [2.45, 2.75) is 69.5 Å². The van der Waals surface area contributed by atoms with Gasteiger partial charge in [-0.2, -0.15) is 0 Å². The molecule has 0 radical (unpaired) electrons. The summed E-state index contributed by atoms with van der Waals surface area (Å²) in [7, 11) is 0. The Bertz CT molecular complexity index is 1020. The van der Waals surface area contributed by atoms with Crippen LogP contribution in [0.3, 0.4) is 0 Å². The van der Waals surface area contributed by atoms with E-state index in [4.69, 9.17) is 25.8 Å². The van der Waals surface area contributed by atoms with E-state index in [1.807, 2.05) is 12.1 Å². The molecule has 2 aromatic rings. The second kappa shape index (κ2) is 10.2. The van der Waals surface area contributed by atoms with Crippen LogP contribution in [0.25, 0.3) is 0 Å². The van der Waals surface area contributed by atoms with Gasteiger partial charge in [0, 0.05) is 5.02 Å². The van der Waals surface area contributed by atoms with Crippen molar-refractivity contribution in [2.75, 3.05) is 13.2 Å². The standard InChI is InChI=1S/C26H31ClO7/c1-3-15-5-7-16(8-6-15)11-18-12-19-17(13-20(18)27)9-10-26(19)24(30)23(29)22(28)21(34-26)14-33-25(31)32-4-2/h5-8,12-13,21-24,28-30H,3-4,9-11,14H2,1-2H3/t21-,22-,23+,24-,26+/m1/s1. The highest BCUT2D eigenvalue weighted by molar-refractivity contribution is 6.31. The van der Waals surface area contributed by atoms with Crippen LogP contribution in [0.2, 0.25) is 5.02 Å². The van der Waals surface area contributed by atoms with Crippen molar-refractivity contribution in [1.29, 1.82) is 0 Å². The van der Waals surface area contributed by atoms with Gasteiger partial charge in [0.25, 0.3) is 0 Å². The van der Waals surface area contributed by atoms with Gasteiger partial charge >= 0.3 is 6.16 Å². The molecule has 0 amide bonds. The lowest BCUT2D eigenvalue weighted by Crippen LogP contribution is -2.63. The molecule has 3 N–H and O–H groups in total. The van der Waals surface area contributed by atoms with E-state index in [1.54, 1.807) is 6.92 Å². The van der Waals surface area contributed by atoms with E-state index in [0.717, 1.165) is 28.7 Å². The molecule has 2 aliphatic rings. The molecular weight excluding hydrogens is 460 g/mol. The van der Waals surface area contributed by atoms with Gasteiger partial charge in [-0.3, -0.25) is 0 Å². The molecule has 4 rings (SSSR count). The van der Waals surface area contributed by atoms with E-state index in [2.05, 4.69) is 31.2 Å².